The monoisotopic (exact) mass is 636 g/mol. The number of halogens is 2. The summed E-state index contributed by atoms with van der Waals surface area (Å²) in [4.78, 5) is 27.9. The minimum Gasteiger partial charge on any atom is -0.469 e. The number of nitrogens with one attached hydrogen (secondary N) is 1. The highest BCUT2D eigenvalue weighted by molar-refractivity contribution is 7.89. The van der Waals surface area contributed by atoms with Crippen molar-refractivity contribution < 1.29 is 22.7 Å². The van der Waals surface area contributed by atoms with Crippen LogP contribution >= 0.6 is 23.2 Å². The number of sulfonamides is 1. The van der Waals surface area contributed by atoms with Gasteiger partial charge in [-0.3, -0.25) is 9.59 Å². The quantitative estimate of drug-likeness (QED) is 0.229. The van der Waals surface area contributed by atoms with Crippen molar-refractivity contribution in [2.45, 2.75) is 36.4 Å². The zero-order valence-electron chi connectivity index (χ0n) is 23.5. The number of amides is 1. The van der Waals surface area contributed by atoms with Crippen LogP contribution in [0.25, 0.3) is 0 Å². The Labute approximate surface area is 261 Å². The SMILES string of the molecule is COC(=O)C1C(c2ccccc2)C(C(=O)NCc2ccc(C)cc2)N(S(=O)(=O)c2ccc(Cl)cc2)C1c1ccc(Cl)cc1. The van der Waals surface area contributed by atoms with Gasteiger partial charge < -0.3 is 10.1 Å². The molecule has 4 atom stereocenters. The van der Waals surface area contributed by atoms with Gasteiger partial charge in [-0.1, -0.05) is 95.5 Å². The first-order valence-corrected chi connectivity index (χ1v) is 15.8. The summed E-state index contributed by atoms with van der Waals surface area (Å²) in [5.74, 6) is -3.13. The lowest BCUT2D eigenvalue weighted by Crippen LogP contribution is -2.48. The summed E-state index contributed by atoms with van der Waals surface area (Å²) < 4.78 is 35.6. The van der Waals surface area contributed by atoms with Crippen molar-refractivity contribution in [3.05, 3.63) is 135 Å². The van der Waals surface area contributed by atoms with Gasteiger partial charge >= 0.3 is 5.97 Å². The Morgan fingerprint density at radius 2 is 1.40 bits per heavy atom. The number of methoxy groups -OCH3 is 1. The van der Waals surface area contributed by atoms with Gasteiger partial charge in [0.2, 0.25) is 15.9 Å². The highest BCUT2D eigenvalue weighted by Crippen LogP contribution is 2.52. The van der Waals surface area contributed by atoms with E-state index in [1.165, 1.54) is 31.4 Å². The molecule has 1 fully saturated rings. The maximum Gasteiger partial charge on any atom is 0.311 e. The lowest BCUT2D eigenvalue weighted by Gasteiger charge is -2.30. The lowest BCUT2D eigenvalue weighted by molar-refractivity contribution is -0.146. The van der Waals surface area contributed by atoms with Crippen LogP contribution in [0.3, 0.4) is 0 Å². The Morgan fingerprint density at radius 3 is 1.98 bits per heavy atom. The number of ether oxygens (including phenoxy) is 1. The van der Waals surface area contributed by atoms with E-state index in [0.717, 1.165) is 15.4 Å². The van der Waals surface area contributed by atoms with Crippen molar-refractivity contribution in [1.29, 1.82) is 0 Å². The van der Waals surface area contributed by atoms with Gasteiger partial charge in [0.15, 0.2) is 0 Å². The molecule has 0 aliphatic carbocycles. The van der Waals surface area contributed by atoms with Gasteiger partial charge in [0, 0.05) is 22.5 Å². The molecule has 10 heteroatoms. The molecule has 1 N–H and O–H groups in total. The molecule has 0 saturated carbocycles. The van der Waals surface area contributed by atoms with Crippen LogP contribution in [-0.2, 0) is 30.9 Å². The molecule has 5 rings (SSSR count). The van der Waals surface area contributed by atoms with Crippen LogP contribution < -0.4 is 5.32 Å². The smallest absolute Gasteiger partial charge is 0.311 e. The Kier molecular flexibility index (Phi) is 9.22. The molecule has 4 aromatic carbocycles. The maximum atomic E-state index is 14.6. The number of carbonyl (C=O) groups is 2. The third-order valence-corrected chi connectivity index (χ3v) is 10.1. The zero-order chi connectivity index (χ0) is 30.7. The molecule has 222 valence electrons. The number of nitrogens with zero attached hydrogens (tertiary/aromatic N) is 1. The first-order chi connectivity index (χ1) is 20.6. The number of esters is 1. The van der Waals surface area contributed by atoms with Gasteiger partial charge in [-0.15, -0.1) is 0 Å². The van der Waals surface area contributed by atoms with Crippen molar-refractivity contribution >= 4 is 45.1 Å². The Hall–Kier alpha value is -3.69. The summed E-state index contributed by atoms with van der Waals surface area (Å²) in [6.45, 7) is 2.13. The van der Waals surface area contributed by atoms with Crippen molar-refractivity contribution in [3.63, 3.8) is 0 Å². The van der Waals surface area contributed by atoms with E-state index in [1.807, 2.05) is 37.3 Å². The second-order valence-corrected chi connectivity index (χ2v) is 13.1. The van der Waals surface area contributed by atoms with Crippen LogP contribution in [-0.4, -0.2) is 37.8 Å². The summed E-state index contributed by atoms with van der Waals surface area (Å²) in [6.07, 6.45) is 0. The molecule has 4 aromatic rings. The van der Waals surface area contributed by atoms with E-state index in [0.29, 0.717) is 21.2 Å². The highest BCUT2D eigenvalue weighted by atomic mass is 35.5. The second-order valence-electron chi connectivity index (χ2n) is 10.4. The molecular formula is C33H30Cl2N2O5S. The van der Waals surface area contributed by atoms with Crippen LogP contribution in [0, 0.1) is 12.8 Å². The molecule has 0 bridgehead atoms. The second kappa shape index (κ2) is 12.9. The van der Waals surface area contributed by atoms with Gasteiger partial charge in [0.25, 0.3) is 0 Å². The van der Waals surface area contributed by atoms with Crippen molar-refractivity contribution in [1.82, 2.24) is 9.62 Å². The topological polar surface area (TPSA) is 92.8 Å². The summed E-state index contributed by atoms with van der Waals surface area (Å²) in [5.41, 5.74) is 3.04. The molecule has 1 aliphatic rings. The van der Waals surface area contributed by atoms with Crippen LogP contribution in [0.4, 0.5) is 0 Å². The average molecular weight is 638 g/mol. The molecule has 7 nitrogen and oxygen atoms in total. The molecule has 1 amide bonds. The molecule has 4 unspecified atom stereocenters. The number of hydrogen-bond acceptors (Lipinski definition) is 5. The van der Waals surface area contributed by atoms with Crippen molar-refractivity contribution in [3.8, 4) is 0 Å². The zero-order valence-corrected chi connectivity index (χ0v) is 25.8. The third-order valence-electron chi connectivity index (χ3n) is 7.73. The van der Waals surface area contributed by atoms with E-state index in [9.17, 15) is 18.0 Å². The molecule has 43 heavy (non-hydrogen) atoms. The Balaban J connectivity index is 1.72. The van der Waals surface area contributed by atoms with Gasteiger partial charge in [0.1, 0.15) is 6.04 Å². The van der Waals surface area contributed by atoms with Crippen molar-refractivity contribution in [2.75, 3.05) is 7.11 Å². The normalized spacial score (nSPS) is 20.5. The molecule has 1 aliphatic heterocycles. The van der Waals surface area contributed by atoms with E-state index >= 15 is 0 Å². The van der Waals surface area contributed by atoms with E-state index < -0.39 is 45.8 Å². The van der Waals surface area contributed by atoms with Crippen LogP contribution in [0.5, 0.6) is 0 Å². The third kappa shape index (κ3) is 6.33. The average Bonchev–Trinajstić information content (AvgIpc) is 3.38. The molecular weight excluding hydrogens is 607 g/mol. The van der Waals surface area contributed by atoms with Crippen molar-refractivity contribution in [2.24, 2.45) is 5.92 Å². The highest BCUT2D eigenvalue weighted by Gasteiger charge is 2.60. The van der Waals surface area contributed by atoms with Crippen LogP contribution in [0.1, 0.15) is 34.2 Å². The summed E-state index contributed by atoms with van der Waals surface area (Å²) >= 11 is 12.3. The molecule has 0 aromatic heterocycles. The number of aryl methyl sites for hydroxylation is 1. The Bertz CT molecular complexity index is 1700. The standard InChI is InChI=1S/C33H30Cl2N2O5S/c1-21-8-10-22(11-9-21)20-36-32(38)31-28(23-6-4-3-5-7-23)29(33(39)42-2)30(24-12-14-25(34)15-13-24)37(31)43(40,41)27-18-16-26(35)17-19-27/h3-19,28-31H,20H2,1-2H3,(H,36,38). The number of hydrogen-bond donors (Lipinski definition) is 1. The summed E-state index contributed by atoms with van der Waals surface area (Å²) in [7, 11) is -3.13. The fourth-order valence-corrected chi connectivity index (χ4v) is 7.73. The Morgan fingerprint density at radius 1 is 0.814 bits per heavy atom. The minimum absolute atomic E-state index is 0.0653. The lowest BCUT2D eigenvalue weighted by atomic mass is 9.80. The van der Waals surface area contributed by atoms with Gasteiger partial charge in [0.05, 0.1) is 24.0 Å². The molecule has 1 heterocycles. The largest absolute Gasteiger partial charge is 0.469 e. The predicted molar refractivity (Wildman–Crippen MR) is 166 cm³/mol. The van der Waals surface area contributed by atoms with E-state index in [2.05, 4.69) is 5.32 Å². The summed E-state index contributed by atoms with van der Waals surface area (Å²) in [5, 5.41) is 3.74. The van der Waals surface area contributed by atoms with Gasteiger partial charge in [-0.25, -0.2) is 8.42 Å². The minimum atomic E-state index is -4.39. The molecule has 0 spiro atoms. The summed E-state index contributed by atoms with van der Waals surface area (Å²) in [6, 6.07) is 26.6. The van der Waals surface area contributed by atoms with E-state index in [-0.39, 0.29) is 11.4 Å². The number of carbonyl (C=O) groups excluding carboxylic acids is 2. The number of benzene rings is 4. The fraction of sp³-hybridized carbons (Fsp3) is 0.212. The van der Waals surface area contributed by atoms with Gasteiger partial charge in [-0.2, -0.15) is 4.31 Å². The van der Waals surface area contributed by atoms with Gasteiger partial charge in [-0.05, 0) is 60.0 Å². The van der Waals surface area contributed by atoms with E-state index in [1.54, 1.807) is 48.5 Å². The van der Waals surface area contributed by atoms with Crippen LogP contribution in [0.15, 0.2) is 108 Å². The number of rotatable bonds is 8. The predicted octanol–water partition coefficient (Wildman–Crippen LogP) is 6.31. The first kappa shape index (κ1) is 30.8. The fourth-order valence-electron chi connectivity index (χ4n) is 5.68. The van der Waals surface area contributed by atoms with E-state index in [4.69, 9.17) is 27.9 Å². The first-order valence-electron chi connectivity index (χ1n) is 13.6. The maximum absolute atomic E-state index is 14.6. The molecule has 1 saturated heterocycles. The van der Waals surface area contributed by atoms with Crippen LogP contribution in [0.2, 0.25) is 10.0 Å². The molecule has 0 radical (unpaired) electrons.